The van der Waals surface area contributed by atoms with E-state index in [9.17, 15) is 4.79 Å². The van der Waals surface area contributed by atoms with Crippen LogP contribution in [0.2, 0.25) is 0 Å². The third-order valence-corrected chi connectivity index (χ3v) is 3.60. The summed E-state index contributed by atoms with van der Waals surface area (Å²) in [6, 6.07) is 18.3. The third kappa shape index (κ3) is 2.07. The van der Waals surface area contributed by atoms with Crippen LogP contribution in [-0.4, -0.2) is 23.1 Å². The number of carbonyl (C=O) groups is 1. The monoisotopic (exact) mass is 265 g/mol. The number of hydrogen-bond donors (Lipinski definition) is 1. The first-order chi connectivity index (χ1) is 9.66. The van der Waals surface area contributed by atoms with E-state index >= 15 is 0 Å². The van der Waals surface area contributed by atoms with Crippen molar-refractivity contribution in [2.24, 2.45) is 0 Å². The van der Waals surface area contributed by atoms with Crippen molar-refractivity contribution in [3.63, 3.8) is 0 Å². The summed E-state index contributed by atoms with van der Waals surface area (Å²) in [5, 5.41) is 13.6. The molecule has 0 saturated heterocycles. The Morgan fingerprint density at radius 3 is 2.00 bits per heavy atom. The van der Waals surface area contributed by atoms with Gasteiger partial charge in [-0.3, -0.25) is 0 Å². The highest BCUT2D eigenvalue weighted by atomic mass is 16.4. The number of carboxylic acid groups (broad SMARTS) is 1. The number of hydrogen-bond acceptors (Lipinski definition) is 1. The molecule has 0 spiro atoms. The fourth-order valence-electron chi connectivity index (χ4n) is 2.58. The topological polar surface area (TPSA) is 40.5 Å². The minimum absolute atomic E-state index is 0.386. The lowest BCUT2D eigenvalue weighted by Crippen LogP contribution is -2.24. The molecule has 0 fully saturated rings. The van der Waals surface area contributed by atoms with E-state index in [2.05, 4.69) is 18.2 Å². The van der Waals surface area contributed by atoms with Crippen molar-refractivity contribution in [1.82, 2.24) is 4.90 Å². The van der Waals surface area contributed by atoms with Gasteiger partial charge in [-0.05, 0) is 33.2 Å². The van der Waals surface area contributed by atoms with Crippen molar-refractivity contribution in [3.05, 3.63) is 60.2 Å². The van der Waals surface area contributed by atoms with Crippen molar-refractivity contribution < 1.29 is 9.90 Å². The molecule has 0 aliphatic carbocycles. The van der Waals surface area contributed by atoms with E-state index in [1.807, 2.05) is 36.4 Å². The summed E-state index contributed by atoms with van der Waals surface area (Å²) in [6.45, 7) is 0.386. The number of fused-ring (bicyclic) bond motifs is 2. The summed E-state index contributed by atoms with van der Waals surface area (Å²) < 4.78 is 0. The Bertz CT molecular complexity index is 741. The average Bonchev–Trinajstić information content (AvgIpc) is 2.46. The van der Waals surface area contributed by atoms with Crippen LogP contribution in [0.1, 0.15) is 5.56 Å². The molecule has 0 bridgehead atoms. The third-order valence-electron chi connectivity index (χ3n) is 3.60. The van der Waals surface area contributed by atoms with E-state index in [1.54, 1.807) is 7.05 Å². The quantitative estimate of drug-likeness (QED) is 0.708. The Labute approximate surface area is 117 Å². The van der Waals surface area contributed by atoms with Gasteiger partial charge in [0.2, 0.25) is 0 Å². The van der Waals surface area contributed by atoms with E-state index in [-0.39, 0.29) is 0 Å². The molecule has 3 heteroatoms. The zero-order valence-corrected chi connectivity index (χ0v) is 11.2. The van der Waals surface area contributed by atoms with E-state index in [0.717, 1.165) is 27.1 Å². The molecule has 0 saturated carbocycles. The van der Waals surface area contributed by atoms with Crippen LogP contribution >= 0.6 is 0 Å². The lowest BCUT2D eigenvalue weighted by Gasteiger charge is -2.17. The van der Waals surface area contributed by atoms with E-state index in [0.29, 0.717) is 6.54 Å². The van der Waals surface area contributed by atoms with Crippen molar-refractivity contribution >= 4 is 27.6 Å². The Balaban J connectivity index is 2.30. The fourth-order valence-corrected chi connectivity index (χ4v) is 2.58. The minimum Gasteiger partial charge on any atom is -0.465 e. The maximum Gasteiger partial charge on any atom is 0.407 e. The van der Waals surface area contributed by atoms with Gasteiger partial charge in [-0.25, -0.2) is 4.79 Å². The molecule has 0 radical (unpaired) electrons. The van der Waals surface area contributed by atoms with Crippen LogP contribution in [0.4, 0.5) is 4.79 Å². The number of rotatable bonds is 2. The van der Waals surface area contributed by atoms with Gasteiger partial charge >= 0.3 is 6.09 Å². The maximum atomic E-state index is 11.1. The lowest BCUT2D eigenvalue weighted by molar-refractivity contribution is 0.154. The zero-order chi connectivity index (χ0) is 14.1. The van der Waals surface area contributed by atoms with Crippen molar-refractivity contribution in [2.45, 2.75) is 6.54 Å². The standard InChI is InChI=1S/C17H15NO2/c1-18(17(19)20)11-16-14-8-4-2-6-12(14)10-13-7-3-5-9-15(13)16/h2-10H,11H2,1H3,(H,19,20). The van der Waals surface area contributed by atoms with E-state index in [1.165, 1.54) is 4.90 Å². The van der Waals surface area contributed by atoms with E-state index in [4.69, 9.17) is 5.11 Å². The molecule has 0 aromatic heterocycles. The normalized spacial score (nSPS) is 10.8. The molecule has 3 aromatic carbocycles. The summed E-state index contributed by atoms with van der Waals surface area (Å²) in [7, 11) is 1.60. The zero-order valence-electron chi connectivity index (χ0n) is 11.2. The molecule has 3 rings (SSSR count). The van der Waals surface area contributed by atoms with Crippen LogP contribution < -0.4 is 0 Å². The molecular formula is C17H15NO2. The summed E-state index contributed by atoms with van der Waals surface area (Å²) in [5.74, 6) is 0. The van der Waals surface area contributed by atoms with Crippen LogP contribution in [-0.2, 0) is 6.54 Å². The highest BCUT2D eigenvalue weighted by Crippen LogP contribution is 2.29. The molecular weight excluding hydrogens is 250 g/mol. The van der Waals surface area contributed by atoms with Crippen LogP contribution in [0.5, 0.6) is 0 Å². The second-order valence-corrected chi connectivity index (χ2v) is 4.94. The second kappa shape index (κ2) is 4.85. The summed E-state index contributed by atoms with van der Waals surface area (Å²) in [5.41, 5.74) is 1.06. The van der Waals surface area contributed by atoms with Gasteiger partial charge in [-0.2, -0.15) is 0 Å². The Morgan fingerprint density at radius 1 is 1.00 bits per heavy atom. The Morgan fingerprint density at radius 2 is 1.50 bits per heavy atom. The SMILES string of the molecule is CN(Cc1c2ccccc2cc2ccccc12)C(=O)O. The van der Waals surface area contributed by atoms with Crippen molar-refractivity contribution in [1.29, 1.82) is 0 Å². The molecule has 0 aliphatic rings. The van der Waals surface area contributed by atoms with Gasteiger partial charge in [-0.15, -0.1) is 0 Å². The maximum absolute atomic E-state index is 11.1. The predicted octanol–water partition coefficient (Wildman–Crippen LogP) is 4.10. The van der Waals surface area contributed by atoms with Crippen molar-refractivity contribution in [2.75, 3.05) is 7.05 Å². The van der Waals surface area contributed by atoms with Gasteiger partial charge in [0.15, 0.2) is 0 Å². The number of nitrogens with zero attached hydrogens (tertiary/aromatic N) is 1. The lowest BCUT2D eigenvalue weighted by atomic mass is 9.96. The van der Waals surface area contributed by atoms with Gasteiger partial charge in [0, 0.05) is 13.6 Å². The highest BCUT2D eigenvalue weighted by molar-refractivity contribution is 6.02. The first-order valence-electron chi connectivity index (χ1n) is 6.50. The fraction of sp³-hybridized carbons (Fsp3) is 0.118. The number of amides is 1. The first-order valence-corrected chi connectivity index (χ1v) is 6.50. The molecule has 100 valence electrons. The van der Waals surface area contributed by atoms with Gasteiger partial charge in [0.1, 0.15) is 0 Å². The first kappa shape index (κ1) is 12.5. The largest absolute Gasteiger partial charge is 0.465 e. The Hall–Kier alpha value is -2.55. The average molecular weight is 265 g/mol. The van der Waals surface area contributed by atoms with Crippen LogP contribution in [0.15, 0.2) is 54.6 Å². The van der Waals surface area contributed by atoms with Crippen LogP contribution in [0, 0.1) is 0 Å². The smallest absolute Gasteiger partial charge is 0.407 e. The summed E-state index contributed by atoms with van der Waals surface area (Å²) in [4.78, 5) is 12.4. The number of benzene rings is 3. The highest BCUT2D eigenvalue weighted by Gasteiger charge is 2.12. The molecule has 0 heterocycles. The molecule has 1 amide bonds. The molecule has 0 atom stereocenters. The predicted molar refractivity (Wildman–Crippen MR) is 80.9 cm³/mol. The summed E-state index contributed by atoms with van der Waals surface area (Å²) in [6.07, 6.45) is -0.915. The molecule has 3 nitrogen and oxygen atoms in total. The molecule has 1 N–H and O–H groups in total. The van der Waals surface area contributed by atoms with Crippen LogP contribution in [0.3, 0.4) is 0 Å². The Kier molecular flexibility index (Phi) is 3.03. The minimum atomic E-state index is -0.915. The van der Waals surface area contributed by atoms with Gasteiger partial charge in [0.05, 0.1) is 0 Å². The summed E-state index contributed by atoms with van der Waals surface area (Å²) >= 11 is 0. The second-order valence-electron chi connectivity index (χ2n) is 4.94. The van der Waals surface area contributed by atoms with Gasteiger partial charge < -0.3 is 10.0 Å². The van der Waals surface area contributed by atoms with Crippen molar-refractivity contribution in [3.8, 4) is 0 Å². The van der Waals surface area contributed by atoms with Gasteiger partial charge in [0.25, 0.3) is 0 Å². The van der Waals surface area contributed by atoms with Gasteiger partial charge in [-0.1, -0.05) is 48.5 Å². The van der Waals surface area contributed by atoms with Crippen LogP contribution in [0.25, 0.3) is 21.5 Å². The van der Waals surface area contributed by atoms with E-state index < -0.39 is 6.09 Å². The molecule has 3 aromatic rings. The molecule has 0 aliphatic heterocycles. The molecule has 20 heavy (non-hydrogen) atoms. The molecule has 0 unspecified atom stereocenters.